The van der Waals surface area contributed by atoms with Crippen LogP contribution in [0.2, 0.25) is 0 Å². The maximum atomic E-state index is 12.9. The molecule has 1 saturated heterocycles. The Morgan fingerprint density at radius 2 is 2.10 bits per heavy atom. The highest BCUT2D eigenvalue weighted by molar-refractivity contribution is 7.92. The normalized spacial score (nSPS) is 25.4. The molecular weight excluding hydrogens is 274 g/mol. The van der Waals surface area contributed by atoms with Gasteiger partial charge < -0.3 is 10.5 Å². The van der Waals surface area contributed by atoms with Crippen molar-refractivity contribution >= 4 is 15.5 Å². The molecule has 1 saturated carbocycles. The molecule has 4 nitrogen and oxygen atoms in total. The summed E-state index contributed by atoms with van der Waals surface area (Å²) in [5.74, 6) is 0. The zero-order valence-corrected chi connectivity index (χ0v) is 12.6. The average molecular weight is 295 g/mol. The Hall–Kier alpha value is -1.07. The van der Waals surface area contributed by atoms with E-state index in [0.29, 0.717) is 30.0 Å². The number of rotatable bonds is 2. The molecular formula is C15H21NO3S. The van der Waals surface area contributed by atoms with E-state index >= 15 is 0 Å². The van der Waals surface area contributed by atoms with Crippen molar-refractivity contribution in [1.29, 1.82) is 0 Å². The first kappa shape index (κ1) is 13.9. The molecule has 0 radical (unpaired) electrons. The van der Waals surface area contributed by atoms with Crippen molar-refractivity contribution in [2.75, 3.05) is 12.3 Å². The maximum Gasteiger partial charge on any atom is 0.183 e. The van der Waals surface area contributed by atoms with Crippen LogP contribution in [0, 0.1) is 6.92 Å². The Kier molecular flexibility index (Phi) is 3.29. The van der Waals surface area contributed by atoms with Crippen molar-refractivity contribution in [3.63, 3.8) is 0 Å². The number of anilines is 1. The second kappa shape index (κ2) is 4.74. The minimum Gasteiger partial charge on any atom is -0.397 e. The SMILES string of the molecule is Cc1cccc(S(=O)(=O)C2CCOC3(CCC3)C2)c1N. The molecule has 5 heteroatoms. The zero-order valence-electron chi connectivity index (χ0n) is 11.8. The molecule has 110 valence electrons. The van der Waals surface area contributed by atoms with Crippen molar-refractivity contribution in [1.82, 2.24) is 0 Å². The fraction of sp³-hybridized carbons (Fsp3) is 0.600. The molecule has 2 N–H and O–H groups in total. The quantitative estimate of drug-likeness (QED) is 0.851. The third-order valence-corrected chi connectivity index (χ3v) is 6.99. The van der Waals surface area contributed by atoms with Crippen molar-refractivity contribution in [3.05, 3.63) is 23.8 Å². The lowest BCUT2D eigenvalue weighted by Gasteiger charge is -2.46. The Labute approximate surface area is 120 Å². The van der Waals surface area contributed by atoms with E-state index in [1.807, 2.05) is 13.0 Å². The van der Waals surface area contributed by atoms with Crippen LogP contribution >= 0.6 is 0 Å². The third-order valence-electron chi connectivity index (χ3n) is 4.74. The summed E-state index contributed by atoms with van der Waals surface area (Å²) in [5.41, 5.74) is 7.01. The molecule has 2 aliphatic rings. The van der Waals surface area contributed by atoms with E-state index in [-0.39, 0.29) is 10.9 Å². The molecule has 1 spiro atoms. The molecule has 0 bridgehead atoms. The average Bonchev–Trinajstić information content (AvgIpc) is 2.40. The van der Waals surface area contributed by atoms with Crippen LogP contribution in [0.5, 0.6) is 0 Å². The van der Waals surface area contributed by atoms with Gasteiger partial charge in [-0.25, -0.2) is 8.42 Å². The minimum atomic E-state index is -3.37. The van der Waals surface area contributed by atoms with Crippen LogP contribution in [-0.4, -0.2) is 25.9 Å². The van der Waals surface area contributed by atoms with Crippen LogP contribution < -0.4 is 5.73 Å². The van der Waals surface area contributed by atoms with Crippen LogP contribution in [0.4, 0.5) is 5.69 Å². The molecule has 1 atom stereocenters. The number of benzene rings is 1. The molecule has 1 aliphatic heterocycles. The number of sulfone groups is 1. The van der Waals surface area contributed by atoms with Crippen LogP contribution in [0.15, 0.2) is 23.1 Å². The van der Waals surface area contributed by atoms with E-state index in [9.17, 15) is 8.42 Å². The van der Waals surface area contributed by atoms with Gasteiger partial charge in [-0.1, -0.05) is 12.1 Å². The summed E-state index contributed by atoms with van der Waals surface area (Å²) < 4.78 is 31.5. The van der Waals surface area contributed by atoms with Gasteiger partial charge in [0.05, 0.1) is 21.4 Å². The number of nitrogens with two attached hydrogens (primary N) is 1. The van der Waals surface area contributed by atoms with E-state index in [0.717, 1.165) is 24.8 Å². The van der Waals surface area contributed by atoms with Crippen molar-refractivity contribution in [2.24, 2.45) is 0 Å². The largest absolute Gasteiger partial charge is 0.397 e. The molecule has 1 aromatic rings. The van der Waals surface area contributed by atoms with Crippen molar-refractivity contribution in [3.8, 4) is 0 Å². The summed E-state index contributed by atoms with van der Waals surface area (Å²) in [4.78, 5) is 0.291. The number of hydrogen-bond acceptors (Lipinski definition) is 4. The maximum absolute atomic E-state index is 12.9. The predicted octanol–water partition coefficient (Wildman–Crippen LogP) is 2.45. The smallest absolute Gasteiger partial charge is 0.183 e. The van der Waals surface area contributed by atoms with Gasteiger partial charge in [0.1, 0.15) is 0 Å². The third kappa shape index (κ3) is 2.13. The number of para-hydroxylation sites is 1. The first-order chi connectivity index (χ1) is 9.45. The highest BCUT2D eigenvalue weighted by atomic mass is 32.2. The highest BCUT2D eigenvalue weighted by Gasteiger charge is 2.46. The second-order valence-electron chi connectivity index (χ2n) is 6.03. The fourth-order valence-electron chi connectivity index (χ4n) is 3.25. The number of aryl methyl sites for hydroxylation is 1. The van der Waals surface area contributed by atoms with Crippen LogP contribution in [0.25, 0.3) is 0 Å². The molecule has 0 amide bonds. The molecule has 0 aromatic heterocycles. The van der Waals surface area contributed by atoms with Gasteiger partial charge in [0.25, 0.3) is 0 Å². The standard InChI is InChI=1S/C15H21NO3S/c1-11-4-2-5-13(14(11)16)20(17,18)12-6-9-19-15(10-12)7-3-8-15/h2,4-5,12H,3,6-10,16H2,1H3. The molecule has 1 aliphatic carbocycles. The van der Waals surface area contributed by atoms with E-state index in [1.54, 1.807) is 12.1 Å². The summed E-state index contributed by atoms with van der Waals surface area (Å²) in [5, 5.41) is -0.361. The second-order valence-corrected chi connectivity index (χ2v) is 8.23. The van der Waals surface area contributed by atoms with Crippen LogP contribution in [-0.2, 0) is 14.6 Å². The first-order valence-electron chi connectivity index (χ1n) is 7.18. The zero-order chi connectivity index (χ0) is 14.4. The Morgan fingerprint density at radius 1 is 1.35 bits per heavy atom. The van der Waals surface area contributed by atoms with E-state index in [1.165, 1.54) is 0 Å². The summed E-state index contributed by atoms with van der Waals surface area (Å²) in [7, 11) is -3.37. The lowest BCUT2D eigenvalue weighted by atomic mass is 9.75. The van der Waals surface area contributed by atoms with Gasteiger partial charge in [-0.2, -0.15) is 0 Å². The van der Waals surface area contributed by atoms with E-state index < -0.39 is 9.84 Å². The number of ether oxygens (including phenoxy) is 1. The molecule has 1 heterocycles. The summed E-state index contributed by atoms with van der Waals surface area (Å²) >= 11 is 0. The Morgan fingerprint density at radius 3 is 2.75 bits per heavy atom. The van der Waals surface area contributed by atoms with Gasteiger partial charge >= 0.3 is 0 Å². The van der Waals surface area contributed by atoms with Gasteiger partial charge in [0.2, 0.25) is 0 Å². The van der Waals surface area contributed by atoms with Crippen LogP contribution in [0.3, 0.4) is 0 Å². The van der Waals surface area contributed by atoms with E-state index in [2.05, 4.69) is 0 Å². The fourth-order valence-corrected chi connectivity index (χ4v) is 5.27. The lowest BCUT2D eigenvalue weighted by molar-refractivity contribution is -0.125. The summed E-state index contributed by atoms with van der Waals surface area (Å²) in [6, 6.07) is 5.23. The monoisotopic (exact) mass is 295 g/mol. The molecule has 3 rings (SSSR count). The number of nitrogen functional groups attached to an aromatic ring is 1. The number of hydrogen-bond donors (Lipinski definition) is 1. The predicted molar refractivity (Wildman–Crippen MR) is 78.3 cm³/mol. The van der Waals surface area contributed by atoms with E-state index in [4.69, 9.17) is 10.5 Å². The highest BCUT2D eigenvalue weighted by Crippen LogP contribution is 2.45. The topological polar surface area (TPSA) is 69.4 Å². The minimum absolute atomic E-state index is 0.172. The van der Waals surface area contributed by atoms with Gasteiger partial charge in [0, 0.05) is 6.61 Å². The van der Waals surface area contributed by atoms with Crippen molar-refractivity contribution < 1.29 is 13.2 Å². The molecule has 2 fully saturated rings. The van der Waals surface area contributed by atoms with Gasteiger partial charge in [-0.05, 0) is 50.7 Å². The van der Waals surface area contributed by atoms with Gasteiger partial charge in [-0.15, -0.1) is 0 Å². The molecule has 20 heavy (non-hydrogen) atoms. The first-order valence-corrected chi connectivity index (χ1v) is 8.72. The molecule has 1 unspecified atom stereocenters. The summed E-state index contributed by atoms with van der Waals surface area (Å²) in [6.07, 6.45) is 4.30. The summed E-state index contributed by atoms with van der Waals surface area (Å²) in [6.45, 7) is 2.38. The van der Waals surface area contributed by atoms with Crippen LogP contribution in [0.1, 0.15) is 37.7 Å². The van der Waals surface area contributed by atoms with Gasteiger partial charge in [0.15, 0.2) is 9.84 Å². The lowest BCUT2D eigenvalue weighted by Crippen LogP contribution is -2.49. The Bertz CT molecular complexity index is 620. The Balaban J connectivity index is 1.93. The van der Waals surface area contributed by atoms with Gasteiger partial charge in [-0.3, -0.25) is 0 Å². The molecule has 1 aromatic carbocycles. The van der Waals surface area contributed by atoms with Crippen molar-refractivity contribution in [2.45, 2.75) is 54.8 Å².